The normalized spacial score (nSPS) is 17.4. The van der Waals surface area contributed by atoms with Crippen molar-refractivity contribution in [1.82, 2.24) is 0 Å². The van der Waals surface area contributed by atoms with E-state index in [1.165, 1.54) is 21.9 Å². The SMILES string of the molecule is O=C1C[C@@H](c2ccc3ccccc3c2)c2ccccc21. The fourth-order valence-electron chi connectivity index (χ4n) is 3.18. The summed E-state index contributed by atoms with van der Waals surface area (Å²) in [5.41, 5.74) is 3.31. The van der Waals surface area contributed by atoms with Crippen LogP contribution in [-0.4, -0.2) is 5.78 Å². The van der Waals surface area contributed by atoms with Gasteiger partial charge in [0.2, 0.25) is 0 Å². The number of fused-ring (bicyclic) bond motifs is 2. The molecule has 1 nitrogen and oxygen atoms in total. The zero-order valence-corrected chi connectivity index (χ0v) is 11.0. The molecule has 0 amide bonds. The first kappa shape index (κ1) is 11.4. The summed E-state index contributed by atoms with van der Waals surface area (Å²) >= 11 is 0. The Kier molecular flexibility index (Phi) is 2.46. The van der Waals surface area contributed by atoms with Gasteiger partial charge in [-0.15, -0.1) is 0 Å². The largest absolute Gasteiger partial charge is 0.294 e. The van der Waals surface area contributed by atoms with E-state index in [4.69, 9.17) is 0 Å². The summed E-state index contributed by atoms with van der Waals surface area (Å²) in [5, 5.41) is 2.48. The van der Waals surface area contributed by atoms with Crippen LogP contribution in [0.15, 0.2) is 66.7 Å². The topological polar surface area (TPSA) is 17.1 Å². The van der Waals surface area contributed by atoms with Crippen molar-refractivity contribution < 1.29 is 4.79 Å². The van der Waals surface area contributed by atoms with Crippen molar-refractivity contribution in [2.45, 2.75) is 12.3 Å². The summed E-state index contributed by atoms with van der Waals surface area (Å²) < 4.78 is 0. The molecule has 20 heavy (non-hydrogen) atoms. The first-order valence-electron chi connectivity index (χ1n) is 6.94. The number of hydrogen-bond acceptors (Lipinski definition) is 1. The lowest BCUT2D eigenvalue weighted by molar-refractivity contribution is 0.0991. The van der Waals surface area contributed by atoms with E-state index in [-0.39, 0.29) is 11.7 Å². The number of rotatable bonds is 1. The quantitative estimate of drug-likeness (QED) is 0.625. The Hall–Kier alpha value is -2.41. The minimum atomic E-state index is 0.211. The van der Waals surface area contributed by atoms with Crippen molar-refractivity contribution in [1.29, 1.82) is 0 Å². The summed E-state index contributed by atoms with van der Waals surface area (Å²) in [6.07, 6.45) is 0.595. The lowest BCUT2D eigenvalue weighted by Crippen LogP contribution is -1.96. The molecule has 1 atom stereocenters. The summed E-state index contributed by atoms with van der Waals surface area (Å²) in [6, 6.07) is 22.9. The number of hydrogen-bond donors (Lipinski definition) is 0. The molecule has 0 aromatic heterocycles. The molecule has 0 aliphatic heterocycles. The molecule has 0 heterocycles. The van der Waals surface area contributed by atoms with Gasteiger partial charge in [-0.05, 0) is 21.9 Å². The third-order valence-corrected chi connectivity index (χ3v) is 4.20. The van der Waals surface area contributed by atoms with Gasteiger partial charge in [-0.2, -0.15) is 0 Å². The van der Waals surface area contributed by atoms with Crippen LogP contribution in [0.1, 0.15) is 33.8 Å². The lowest BCUT2D eigenvalue weighted by atomic mass is 9.91. The van der Waals surface area contributed by atoms with Gasteiger partial charge in [0.25, 0.3) is 0 Å². The average molecular weight is 258 g/mol. The minimum Gasteiger partial charge on any atom is -0.294 e. The number of benzene rings is 3. The second-order valence-corrected chi connectivity index (χ2v) is 5.37. The molecular formula is C19H14O. The second kappa shape index (κ2) is 4.31. The number of carbonyl (C=O) groups excluding carboxylic acids is 1. The third kappa shape index (κ3) is 1.67. The molecule has 1 heteroatoms. The van der Waals surface area contributed by atoms with Crippen molar-refractivity contribution in [3.05, 3.63) is 83.4 Å². The molecule has 0 fully saturated rings. The summed E-state index contributed by atoms with van der Waals surface area (Å²) in [4.78, 5) is 12.1. The maximum Gasteiger partial charge on any atom is 0.164 e. The molecule has 1 aliphatic carbocycles. The van der Waals surface area contributed by atoms with Crippen LogP contribution in [0, 0.1) is 0 Å². The highest BCUT2D eigenvalue weighted by molar-refractivity contribution is 6.02. The average Bonchev–Trinajstić information content (AvgIpc) is 2.85. The van der Waals surface area contributed by atoms with Gasteiger partial charge in [0, 0.05) is 17.9 Å². The van der Waals surface area contributed by atoms with Gasteiger partial charge in [0.1, 0.15) is 0 Å². The highest BCUT2D eigenvalue weighted by Gasteiger charge is 2.29. The van der Waals surface area contributed by atoms with E-state index in [1.807, 2.05) is 18.2 Å². The standard InChI is InChI=1S/C19H14O/c20-19-12-18(16-7-3-4-8-17(16)19)15-10-9-13-5-1-2-6-14(13)11-15/h1-11,18H,12H2/t18-/m0/s1. The van der Waals surface area contributed by atoms with E-state index in [2.05, 4.69) is 48.5 Å². The van der Waals surface area contributed by atoms with Crippen LogP contribution >= 0.6 is 0 Å². The Balaban J connectivity index is 1.86. The summed E-state index contributed by atoms with van der Waals surface area (Å²) in [5.74, 6) is 0.474. The van der Waals surface area contributed by atoms with Gasteiger partial charge in [-0.1, -0.05) is 66.7 Å². The molecule has 96 valence electrons. The number of Topliss-reactive ketones (excluding diaryl/α,β-unsaturated/α-hetero) is 1. The Bertz CT molecular complexity index is 817. The van der Waals surface area contributed by atoms with Crippen LogP contribution in [0.25, 0.3) is 10.8 Å². The molecular weight excluding hydrogens is 244 g/mol. The van der Waals surface area contributed by atoms with Gasteiger partial charge in [-0.3, -0.25) is 4.79 Å². The lowest BCUT2D eigenvalue weighted by Gasteiger charge is -2.12. The second-order valence-electron chi connectivity index (χ2n) is 5.37. The van der Waals surface area contributed by atoms with E-state index >= 15 is 0 Å². The fourth-order valence-corrected chi connectivity index (χ4v) is 3.18. The molecule has 0 saturated heterocycles. The van der Waals surface area contributed by atoms with Crippen molar-refractivity contribution in [3.63, 3.8) is 0 Å². The van der Waals surface area contributed by atoms with E-state index in [0.29, 0.717) is 6.42 Å². The van der Waals surface area contributed by atoms with Crippen LogP contribution < -0.4 is 0 Å². The zero-order valence-electron chi connectivity index (χ0n) is 11.0. The van der Waals surface area contributed by atoms with Crippen LogP contribution in [0.5, 0.6) is 0 Å². The predicted molar refractivity (Wildman–Crippen MR) is 81.2 cm³/mol. The predicted octanol–water partition coefficient (Wildman–Crippen LogP) is 4.56. The molecule has 4 rings (SSSR count). The van der Waals surface area contributed by atoms with Crippen molar-refractivity contribution in [2.24, 2.45) is 0 Å². The Morgan fingerprint density at radius 3 is 2.45 bits per heavy atom. The minimum absolute atomic E-state index is 0.211. The van der Waals surface area contributed by atoms with Gasteiger partial charge >= 0.3 is 0 Å². The van der Waals surface area contributed by atoms with Crippen LogP contribution in [0.4, 0.5) is 0 Å². The third-order valence-electron chi connectivity index (χ3n) is 4.20. The smallest absolute Gasteiger partial charge is 0.164 e. The highest BCUT2D eigenvalue weighted by Crippen LogP contribution is 2.38. The van der Waals surface area contributed by atoms with Crippen LogP contribution in [0.2, 0.25) is 0 Å². The summed E-state index contributed by atoms with van der Waals surface area (Å²) in [6.45, 7) is 0. The highest BCUT2D eigenvalue weighted by atomic mass is 16.1. The monoisotopic (exact) mass is 258 g/mol. The van der Waals surface area contributed by atoms with Crippen molar-refractivity contribution in [2.75, 3.05) is 0 Å². The van der Waals surface area contributed by atoms with Crippen LogP contribution in [-0.2, 0) is 0 Å². The molecule has 0 radical (unpaired) electrons. The Morgan fingerprint density at radius 2 is 1.55 bits per heavy atom. The molecule has 1 aliphatic rings. The van der Waals surface area contributed by atoms with Gasteiger partial charge in [-0.25, -0.2) is 0 Å². The maximum absolute atomic E-state index is 12.1. The molecule has 0 bridgehead atoms. The number of carbonyl (C=O) groups is 1. The fraction of sp³-hybridized carbons (Fsp3) is 0.105. The molecule has 0 saturated carbocycles. The van der Waals surface area contributed by atoms with Crippen molar-refractivity contribution >= 4 is 16.6 Å². The zero-order chi connectivity index (χ0) is 13.5. The van der Waals surface area contributed by atoms with Gasteiger partial charge in [0.15, 0.2) is 5.78 Å². The van der Waals surface area contributed by atoms with Gasteiger partial charge < -0.3 is 0 Å². The molecule has 0 spiro atoms. The van der Waals surface area contributed by atoms with Crippen molar-refractivity contribution in [3.8, 4) is 0 Å². The molecule has 0 unspecified atom stereocenters. The summed E-state index contributed by atoms with van der Waals surface area (Å²) in [7, 11) is 0. The Morgan fingerprint density at radius 1 is 0.800 bits per heavy atom. The molecule has 3 aromatic rings. The number of ketones is 1. The van der Waals surface area contributed by atoms with E-state index in [9.17, 15) is 4.79 Å². The van der Waals surface area contributed by atoms with Crippen LogP contribution in [0.3, 0.4) is 0 Å². The van der Waals surface area contributed by atoms with E-state index < -0.39 is 0 Å². The maximum atomic E-state index is 12.1. The molecule has 3 aromatic carbocycles. The molecule has 0 N–H and O–H groups in total. The first-order valence-corrected chi connectivity index (χ1v) is 6.94. The van der Waals surface area contributed by atoms with E-state index in [0.717, 1.165) is 5.56 Å². The first-order chi connectivity index (χ1) is 9.83. The van der Waals surface area contributed by atoms with E-state index in [1.54, 1.807) is 0 Å². The Labute approximate surface area is 117 Å². The van der Waals surface area contributed by atoms with Gasteiger partial charge in [0.05, 0.1) is 0 Å².